The van der Waals surface area contributed by atoms with Crippen molar-refractivity contribution in [1.29, 1.82) is 0 Å². The second kappa shape index (κ2) is 30.0. The van der Waals surface area contributed by atoms with Gasteiger partial charge in [0, 0.05) is 61.2 Å². The molecular formula is C97H108N2O4. The van der Waals surface area contributed by atoms with Crippen molar-refractivity contribution < 1.29 is 18.9 Å². The van der Waals surface area contributed by atoms with Gasteiger partial charge in [-0.15, -0.1) is 0 Å². The van der Waals surface area contributed by atoms with Gasteiger partial charge >= 0.3 is 0 Å². The molecule has 5 aliphatic rings. The van der Waals surface area contributed by atoms with Crippen molar-refractivity contribution in [1.82, 2.24) is 0 Å². The third kappa shape index (κ3) is 13.7. The summed E-state index contributed by atoms with van der Waals surface area (Å²) in [6.07, 6.45) is 18.4. The van der Waals surface area contributed by atoms with Crippen molar-refractivity contribution in [3.63, 3.8) is 0 Å². The molecule has 103 heavy (non-hydrogen) atoms. The maximum absolute atomic E-state index is 6.23. The van der Waals surface area contributed by atoms with Gasteiger partial charge in [0.1, 0.15) is 0 Å². The number of benzene rings is 10. The highest BCUT2D eigenvalue weighted by molar-refractivity contribution is 5.90. The number of aryl methyl sites for hydroxylation is 2. The number of anilines is 6. The summed E-state index contributed by atoms with van der Waals surface area (Å²) < 4.78 is 23.5. The second-order valence-corrected chi connectivity index (χ2v) is 32.0. The fraction of sp³-hybridized carbons (Fsp3) is 0.381. The van der Waals surface area contributed by atoms with Crippen LogP contribution >= 0.6 is 0 Å². The van der Waals surface area contributed by atoms with Gasteiger partial charge in [-0.25, -0.2) is 0 Å². The highest BCUT2D eigenvalue weighted by Crippen LogP contribution is 2.63. The first-order chi connectivity index (χ1) is 50.3. The van der Waals surface area contributed by atoms with Crippen molar-refractivity contribution in [2.24, 2.45) is 10.8 Å². The average Bonchev–Trinajstić information content (AvgIpc) is 1.53. The monoisotopic (exact) mass is 1360 g/mol. The van der Waals surface area contributed by atoms with E-state index in [2.05, 4.69) is 284 Å². The topological polar surface area (TPSA) is 43.4 Å². The van der Waals surface area contributed by atoms with E-state index >= 15 is 0 Å². The molecule has 0 N–H and O–H groups in total. The molecule has 2 fully saturated rings. The van der Waals surface area contributed by atoms with Crippen LogP contribution in [0, 0.1) is 10.8 Å². The maximum Gasteiger partial charge on any atom is 0.0717 e. The van der Waals surface area contributed by atoms with E-state index in [0.29, 0.717) is 13.2 Å². The summed E-state index contributed by atoms with van der Waals surface area (Å²) in [6, 6.07) is 84.6. The molecule has 6 heteroatoms. The summed E-state index contributed by atoms with van der Waals surface area (Å²) in [5.41, 5.74) is 32.3. The number of unbranched alkanes of at least 4 members (excludes halogenated alkanes) is 2. The first-order valence-electron chi connectivity index (χ1n) is 39.3. The van der Waals surface area contributed by atoms with Crippen LogP contribution < -0.4 is 9.80 Å². The van der Waals surface area contributed by atoms with E-state index in [9.17, 15) is 0 Å². The van der Waals surface area contributed by atoms with Crippen LogP contribution in [0.1, 0.15) is 199 Å². The minimum atomic E-state index is -0.194. The first kappa shape index (κ1) is 70.3. The molecule has 2 heterocycles. The Morgan fingerprint density at radius 2 is 0.748 bits per heavy atom. The smallest absolute Gasteiger partial charge is 0.0717 e. The van der Waals surface area contributed by atoms with Crippen molar-refractivity contribution in [2.45, 2.75) is 188 Å². The van der Waals surface area contributed by atoms with E-state index in [1.54, 1.807) is 22.3 Å². The summed E-state index contributed by atoms with van der Waals surface area (Å²) in [4.78, 5) is 4.90. The molecule has 0 radical (unpaired) electrons. The van der Waals surface area contributed by atoms with Gasteiger partial charge in [-0.3, -0.25) is 0 Å². The van der Waals surface area contributed by atoms with Gasteiger partial charge in [0.25, 0.3) is 0 Å². The van der Waals surface area contributed by atoms with Gasteiger partial charge in [-0.1, -0.05) is 220 Å². The number of nitrogens with zero attached hydrogens (tertiary/aromatic N) is 2. The lowest BCUT2D eigenvalue weighted by Crippen LogP contribution is -2.45. The van der Waals surface area contributed by atoms with Gasteiger partial charge in [0.2, 0.25) is 0 Å². The number of rotatable bonds is 30. The van der Waals surface area contributed by atoms with E-state index < -0.39 is 0 Å². The Labute approximate surface area is 615 Å². The summed E-state index contributed by atoms with van der Waals surface area (Å²) in [7, 11) is 0. The predicted octanol–water partition coefficient (Wildman–Crippen LogP) is 24.9. The number of ether oxygens (including phenoxy) is 4. The van der Waals surface area contributed by atoms with Crippen LogP contribution in [0.15, 0.2) is 218 Å². The van der Waals surface area contributed by atoms with Crippen molar-refractivity contribution in [3.8, 4) is 33.4 Å². The molecule has 15 rings (SSSR count). The minimum absolute atomic E-state index is 0.0294. The molecule has 1 spiro atoms. The zero-order valence-corrected chi connectivity index (χ0v) is 62.8. The first-order valence-corrected chi connectivity index (χ1v) is 39.3. The molecule has 10 aromatic rings. The second-order valence-electron chi connectivity index (χ2n) is 32.0. The van der Waals surface area contributed by atoms with E-state index in [-0.39, 0.29) is 27.1 Å². The molecule has 6 nitrogen and oxygen atoms in total. The quantitative estimate of drug-likeness (QED) is 0.0447. The Bertz CT molecular complexity index is 4510. The third-order valence-electron chi connectivity index (χ3n) is 24.9. The van der Waals surface area contributed by atoms with Crippen LogP contribution in [0.25, 0.3) is 33.4 Å². The van der Waals surface area contributed by atoms with Gasteiger partial charge in [-0.2, -0.15) is 0 Å². The van der Waals surface area contributed by atoms with Gasteiger partial charge in [0.05, 0.1) is 52.9 Å². The van der Waals surface area contributed by atoms with Crippen LogP contribution in [0.4, 0.5) is 34.1 Å². The number of hydrogen-bond acceptors (Lipinski definition) is 6. The van der Waals surface area contributed by atoms with Crippen molar-refractivity contribution >= 4 is 34.1 Å². The standard InChI is InChI=1S/C97H108N2O4/c1-9-14-18-69-26-42-79(43-27-69)98(81-46-32-74(33-47-81)73-30-22-71(23-31-73)61-100-63-95(12-4)65-102-66-95)84-52-40-78(41-53-84)94(8,58-11-3)90-57-56-88-87-55-54-85(86-20-16-59-97(91(86)87)60-17-21-89(90)92(88)97)75-34-48-82(49-35-75)99(80-44-28-70(29-45-80)19-15-10-2)83-50-38-77(39-51-83)93(6,7)76-36-24-72(25-37-76)62-101-64-96(13-5)67-103-68-96/h22-57H,9-21,58-68H2,1-8H3. The molecule has 0 saturated carbocycles. The number of hydrogen-bond donors (Lipinski definition) is 0. The Balaban J connectivity index is 0.697. The molecule has 530 valence electrons. The molecule has 3 aliphatic carbocycles. The summed E-state index contributed by atoms with van der Waals surface area (Å²) in [5, 5.41) is 0. The largest absolute Gasteiger partial charge is 0.380 e. The Kier molecular flexibility index (Phi) is 20.5. The Morgan fingerprint density at radius 3 is 1.18 bits per heavy atom. The molecule has 2 aliphatic heterocycles. The highest BCUT2D eigenvalue weighted by atomic mass is 16.5. The van der Waals surface area contributed by atoms with E-state index in [1.165, 1.54) is 146 Å². The van der Waals surface area contributed by atoms with Crippen LogP contribution in [0.2, 0.25) is 0 Å². The van der Waals surface area contributed by atoms with Gasteiger partial charge in [0.15, 0.2) is 0 Å². The summed E-state index contributed by atoms with van der Waals surface area (Å²) in [5.74, 6) is 0. The lowest BCUT2D eigenvalue weighted by Gasteiger charge is -2.44. The molecule has 10 aromatic carbocycles. The Morgan fingerprint density at radius 1 is 0.379 bits per heavy atom. The summed E-state index contributed by atoms with van der Waals surface area (Å²) >= 11 is 0. The van der Waals surface area contributed by atoms with Crippen molar-refractivity contribution in [2.75, 3.05) is 49.4 Å². The maximum atomic E-state index is 6.23. The molecule has 0 bridgehead atoms. The van der Waals surface area contributed by atoms with Crippen molar-refractivity contribution in [3.05, 3.63) is 285 Å². The predicted molar refractivity (Wildman–Crippen MR) is 429 cm³/mol. The van der Waals surface area contributed by atoms with Gasteiger partial charge in [-0.05, 0) is 256 Å². The Hall–Kier alpha value is -8.36. The summed E-state index contributed by atoms with van der Waals surface area (Å²) in [6.45, 7) is 24.6. The van der Waals surface area contributed by atoms with Gasteiger partial charge < -0.3 is 28.7 Å². The highest BCUT2D eigenvalue weighted by Gasteiger charge is 2.51. The SMILES string of the molecule is CCCCc1ccc(N(c2ccc(-c3ccc4c5c3CCCC53CCCc5c(C(C)(CCC)c6ccc(N(c7ccc(CCCC)cc7)c7ccc(-c8ccc(COCC9(CC)COC9)cc8)cc7)cc6)ccc-4c53)cc2)c2ccc(C(C)(C)c3ccc(COCC4(CC)COC4)cc3)cc2)cc1. The number of fused-ring (bicyclic) bond motifs is 1. The fourth-order valence-corrected chi connectivity index (χ4v) is 18.2. The van der Waals surface area contributed by atoms with E-state index in [1.807, 2.05) is 0 Å². The van der Waals surface area contributed by atoms with E-state index in [4.69, 9.17) is 18.9 Å². The normalized spacial score (nSPS) is 17.4. The van der Waals surface area contributed by atoms with Crippen LogP contribution in [0.3, 0.4) is 0 Å². The van der Waals surface area contributed by atoms with Crippen LogP contribution in [0.5, 0.6) is 0 Å². The third-order valence-corrected chi connectivity index (χ3v) is 24.9. The fourth-order valence-electron chi connectivity index (χ4n) is 18.2. The average molecular weight is 1370 g/mol. The molecular weight excluding hydrogens is 1260 g/mol. The molecule has 2 saturated heterocycles. The van der Waals surface area contributed by atoms with Crippen LogP contribution in [-0.4, -0.2) is 39.6 Å². The zero-order valence-electron chi connectivity index (χ0n) is 62.8. The lowest BCUT2D eigenvalue weighted by molar-refractivity contribution is -0.152. The molecule has 2 atom stereocenters. The lowest BCUT2D eigenvalue weighted by atomic mass is 9.60. The molecule has 2 unspecified atom stereocenters. The molecule has 0 aromatic heterocycles. The van der Waals surface area contributed by atoms with Crippen LogP contribution in [-0.2, 0) is 74.1 Å². The van der Waals surface area contributed by atoms with E-state index in [0.717, 1.165) is 108 Å². The molecule has 0 amide bonds. The minimum Gasteiger partial charge on any atom is -0.380 e. The zero-order chi connectivity index (χ0) is 70.8.